The van der Waals surface area contributed by atoms with Crippen LogP contribution in [0.4, 0.5) is 11.5 Å². The van der Waals surface area contributed by atoms with Gasteiger partial charge in [0.15, 0.2) is 0 Å². The first-order chi connectivity index (χ1) is 9.52. The molecule has 2 rings (SSSR count). The van der Waals surface area contributed by atoms with Crippen molar-refractivity contribution < 1.29 is 9.72 Å². The summed E-state index contributed by atoms with van der Waals surface area (Å²) in [6, 6.07) is 3.16. The van der Waals surface area contributed by atoms with E-state index in [1.54, 1.807) is 6.92 Å². The van der Waals surface area contributed by atoms with Gasteiger partial charge in [0.2, 0.25) is 0 Å². The third kappa shape index (κ3) is 2.74. The Morgan fingerprint density at radius 1 is 1.65 bits per heavy atom. The molecule has 1 saturated heterocycles. The van der Waals surface area contributed by atoms with Crippen molar-refractivity contribution in [2.24, 2.45) is 5.92 Å². The standard InChI is InChI=1S/C13H14N4O3/c1-9(18)10-3-2-4-16(8-10)13-11(6-14)5-12(7-15-13)17(19)20/h5,7,10H,2-4,8H2,1H3. The molecule has 1 aromatic rings. The van der Waals surface area contributed by atoms with Crippen LogP contribution >= 0.6 is 0 Å². The summed E-state index contributed by atoms with van der Waals surface area (Å²) in [5, 5.41) is 19.8. The second-order valence-electron chi connectivity index (χ2n) is 4.83. The van der Waals surface area contributed by atoms with Gasteiger partial charge in [0.05, 0.1) is 4.92 Å². The Balaban J connectivity index is 2.30. The van der Waals surface area contributed by atoms with E-state index in [-0.39, 0.29) is 23.0 Å². The zero-order valence-electron chi connectivity index (χ0n) is 11.1. The molecule has 0 aromatic carbocycles. The predicted molar refractivity (Wildman–Crippen MR) is 71.2 cm³/mol. The molecule has 2 heterocycles. The summed E-state index contributed by atoms with van der Waals surface area (Å²) in [6.45, 7) is 2.76. The molecule has 0 aliphatic carbocycles. The molecule has 0 saturated carbocycles. The van der Waals surface area contributed by atoms with Crippen molar-refractivity contribution in [3.05, 3.63) is 27.9 Å². The van der Waals surface area contributed by atoms with Gasteiger partial charge in [0, 0.05) is 25.1 Å². The number of nitrogens with zero attached hydrogens (tertiary/aromatic N) is 4. The number of carbonyl (C=O) groups is 1. The summed E-state index contributed by atoms with van der Waals surface area (Å²) in [7, 11) is 0. The highest BCUT2D eigenvalue weighted by molar-refractivity contribution is 5.79. The number of aromatic nitrogens is 1. The maximum absolute atomic E-state index is 11.5. The van der Waals surface area contributed by atoms with Crippen LogP contribution in [0.25, 0.3) is 0 Å². The molecule has 7 nitrogen and oxygen atoms in total. The number of ketones is 1. The second-order valence-corrected chi connectivity index (χ2v) is 4.83. The highest BCUT2D eigenvalue weighted by Crippen LogP contribution is 2.26. The minimum Gasteiger partial charge on any atom is -0.355 e. The third-order valence-corrected chi connectivity index (χ3v) is 3.48. The van der Waals surface area contributed by atoms with Crippen LogP contribution < -0.4 is 4.90 Å². The molecule has 104 valence electrons. The summed E-state index contributed by atoms with van der Waals surface area (Å²) in [5.74, 6) is 0.478. The van der Waals surface area contributed by atoms with Crippen LogP contribution in [-0.4, -0.2) is 28.8 Å². The van der Waals surface area contributed by atoms with Crippen molar-refractivity contribution in [1.82, 2.24) is 4.98 Å². The van der Waals surface area contributed by atoms with Crippen molar-refractivity contribution in [3.63, 3.8) is 0 Å². The number of Topliss-reactive ketones (excluding diaryl/α,β-unsaturated/α-hetero) is 1. The van der Waals surface area contributed by atoms with Crippen LogP contribution in [0.5, 0.6) is 0 Å². The Kier molecular flexibility index (Phi) is 3.94. The van der Waals surface area contributed by atoms with Crippen LogP contribution in [0.1, 0.15) is 25.3 Å². The molecule has 1 unspecified atom stereocenters. The number of carbonyl (C=O) groups excluding carboxylic acids is 1. The summed E-state index contributed by atoms with van der Waals surface area (Å²) in [4.78, 5) is 27.5. The van der Waals surface area contributed by atoms with Crippen LogP contribution in [0.3, 0.4) is 0 Å². The molecule has 1 aliphatic rings. The number of nitro groups is 1. The molecule has 0 spiro atoms. The van der Waals surface area contributed by atoms with Gasteiger partial charge in [-0.2, -0.15) is 5.26 Å². The van der Waals surface area contributed by atoms with E-state index in [4.69, 9.17) is 5.26 Å². The van der Waals surface area contributed by atoms with Crippen LogP contribution in [0, 0.1) is 27.4 Å². The molecule has 7 heteroatoms. The van der Waals surface area contributed by atoms with E-state index in [1.807, 2.05) is 11.0 Å². The van der Waals surface area contributed by atoms with Crippen LogP contribution in [-0.2, 0) is 4.79 Å². The summed E-state index contributed by atoms with van der Waals surface area (Å²) >= 11 is 0. The average molecular weight is 274 g/mol. The predicted octanol–water partition coefficient (Wildman–Crippen LogP) is 1.67. The zero-order chi connectivity index (χ0) is 14.7. The fourth-order valence-corrected chi connectivity index (χ4v) is 2.38. The van der Waals surface area contributed by atoms with Crippen LogP contribution in [0.2, 0.25) is 0 Å². The average Bonchev–Trinajstić information content (AvgIpc) is 2.46. The van der Waals surface area contributed by atoms with E-state index in [0.29, 0.717) is 18.9 Å². The Hall–Kier alpha value is -2.49. The van der Waals surface area contributed by atoms with Gasteiger partial charge in [0.1, 0.15) is 29.4 Å². The number of rotatable bonds is 3. The van der Waals surface area contributed by atoms with Gasteiger partial charge in [-0.05, 0) is 19.8 Å². The summed E-state index contributed by atoms with van der Waals surface area (Å²) < 4.78 is 0. The second kappa shape index (κ2) is 5.65. The van der Waals surface area contributed by atoms with Gasteiger partial charge in [-0.3, -0.25) is 14.9 Å². The van der Waals surface area contributed by atoms with E-state index in [0.717, 1.165) is 19.0 Å². The zero-order valence-corrected chi connectivity index (χ0v) is 11.1. The lowest BCUT2D eigenvalue weighted by molar-refractivity contribution is -0.385. The molecular formula is C13H14N4O3. The number of nitriles is 1. The maximum Gasteiger partial charge on any atom is 0.289 e. The number of anilines is 1. The van der Waals surface area contributed by atoms with Gasteiger partial charge in [-0.25, -0.2) is 4.98 Å². The molecule has 0 amide bonds. The minimum absolute atomic E-state index is 0.0627. The largest absolute Gasteiger partial charge is 0.355 e. The Morgan fingerprint density at radius 3 is 3.00 bits per heavy atom. The summed E-state index contributed by atoms with van der Waals surface area (Å²) in [5.41, 5.74) is -0.0335. The fraction of sp³-hybridized carbons (Fsp3) is 0.462. The van der Waals surface area contributed by atoms with Gasteiger partial charge in [-0.1, -0.05) is 0 Å². The van der Waals surface area contributed by atoms with Gasteiger partial charge in [-0.15, -0.1) is 0 Å². The molecular weight excluding hydrogens is 260 g/mol. The molecule has 20 heavy (non-hydrogen) atoms. The molecule has 1 fully saturated rings. The first-order valence-corrected chi connectivity index (χ1v) is 6.33. The molecule has 1 aromatic heterocycles. The van der Waals surface area contributed by atoms with E-state index in [2.05, 4.69) is 4.98 Å². The highest BCUT2D eigenvalue weighted by Gasteiger charge is 2.26. The topological polar surface area (TPSA) is 100 Å². The molecule has 0 N–H and O–H groups in total. The maximum atomic E-state index is 11.5. The van der Waals surface area contributed by atoms with Gasteiger partial charge >= 0.3 is 0 Å². The molecule has 1 atom stereocenters. The smallest absolute Gasteiger partial charge is 0.289 e. The van der Waals surface area contributed by atoms with Gasteiger partial charge in [0.25, 0.3) is 5.69 Å². The van der Waals surface area contributed by atoms with Crippen LogP contribution in [0.15, 0.2) is 12.3 Å². The minimum atomic E-state index is -0.577. The Morgan fingerprint density at radius 2 is 2.40 bits per heavy atom. The first-order valence-electron chi connectivity index (χ1n) is 6.33. The van der Waals surface area contributed by atoms with Crippen molar-refractivity contribution in [3.8, 4) is 6.07 Å². The molecule has 1 aliphatic heterocycles. The lowest BCUT2D eigenvalue weighted by Gasteiger charge is -2.32. The monoisotopic (exact) mass is 274 g/mol. The fourth-order valence-electron chi connectivity index (χ4n) is 2.38. The SMILES string of the molecule is CC(=O)C1CCCN(c2ncc([N+](=O)[O-])cc2C#N)C1. The highest BCUT2D eigenvalue weighted by atomic mass is 16.6. The number of hydrogen-bond donors (Lipinski definition) is 0. The number of hydrogen-bond acceptors (Lipinski definition) is 6. The normalized spacial score (nSPS) is 18.4. The van der Waals surface area contributed by atoms with Crippen molar-refractivity contribution in [2.75, 3.05) is 18.0 Å². The number of pyridine rings is 1. The van der Waals surface area contributed by atoms with E-state index >= 15 is 0 Å². The number of piperidine rings is 1. The van der Waals surface area contributed by atoms with Gasteiger partial charge < -0.3 is 4.90 Å². The quantitative estimate of drug-likeness (QED) is 0.614. The lowest BCUT2D eigenvalue weighted by atomic mass is 9.94. The third-order valence-electron chi connectivity index (χ3n) is 3.48. The summed E-state index contributed by atoms with van der Waals surface area (Å²) in [6.07, 6.45) is 2.82. The van der Waals surface area contributed by atoms with E-state index < -0.39 is 4.92 Å². The lowest BCUT2D eigenvalue weighted by Crippen LogP contribution is -2.39. The molecule has 0 bridgehead atoms. The first kappa shape index (κ1) is 13.9. The molecule has 0 radical (unpaired) electrons. The van der Waals surface area contributed by atoms with Crippen molar-refractivity contribution >= 4 is 17.3 Å². The van der Waals surface area contributed by atoms with E-state index in [9.17, 15) is 14.9 Å². The van der Waals surface area contributed by atoms with E-state index in [1.165, 1.54) is 6.07 Å². The Labute approximate surface area is 116 Å². The van der Waals surface area contributed by atoms with Crippen molar-refractivity contribution in [2.45, 2.75) is 19.8 Å². The van der Waals surface area contributed by atoms with Crippen molar-refractivity contribution in [1.29, 1.82) is 5.26 Å². The Bertz CT molecular complexity index is 594.